The van der Waals surface area contributed by atoms with E-state index >= 15 is 0 Å². The van der Waals surface area contributed by atoms with Crippen LogP contribution in [0.2, 0.25) is 0 Å². The number of ether oxygens (including phenoxy) is 1. The Labute approximate surface area is 161 Å². The summed E-state index contributed by atoms with van der Waals surface area (Å²) in [6, 6.07) is 1.90. The first-order valence-electron chi connectivity index (χ1n) is 7.95. The Morgan fingerprint density at radius 1 is 1.41 bits per heavy atom. The van der Waals surface area contributed by atoms with Gasteiger partial charge in [0.05, 0.1) is 6.61 Å². The molecule has 0 bridgehead atoms. The molecule has 0 aliphatic carbocycles. The third kappa shape index (κ3) is 2.80. The van der Waals surface area contributed by atoms with E-state index in [1.807, 2.05) is 16.8 Å². The standard InChI is InChI=1S/C14H14N5O5PS2/c15-11-8-13(17-5-16-11)19(12(18-8)6-1-2-27-4-6)14-9(20)10-7(23-14)3-22-25(21,26)24-10/h1-2,4-5,7,9-10,14,20H,3H2,(H,21,26)(H2,15,16,17)/t7?,9-,10?,14+,25?/m0/s1. The third-order valence-corrected chi connectivity index (χ3v) is 6.75. The Morgan fingerprint density at radius 2 is 2.26 bits per heavy atom. The van der Waals surface area contributed by atoms with Crippen molar-refractivity contribution in [2.24, 2.45) is 0 Å². The first kappa shape index (κ1) is 17.6. The van der Waals surface area contributed by atoms with Gasteiger partial charge in [0, 0.05) is 10.9 Å². The fourth-order valence-corrected chi connectivity index (χ4v) is 5.39. The first-order chi connectivity index (χ1) is 12.9. The first-order valence-corrected chi connectivity index (χ1v) is 11.5. The number of anilines is 1. The zero-order valence-corrected chi connectivity index (χ0v) is 16.1. The monoisotopic (exact) mass is 427 g/mol. The van der Waals surface area contributed by atoms with E-state index in [0.29, 0.717) is 17.0 Å². The minimum absolute atomic E-state index is 0.0313. The molecular weight excluding hydrogens is 413 g/mol. The molecule has 142 valence electrons. The number of nitrogens with zero attached hydrogens (tertiary/aromatic N) is 4. The highest BCUT2D eigenvalue weighted by Gasteiger charge is 2.51. The largest absolute Gasteiger partial charge is 0.386 e. The Bertz CT molecular complexity index is 1060. The van der Waals surface area contributed by atoms with Gasteiger partial charge in [-0.1, -0.05) is 0 Å². The van der Waals surface area contributed by atoms with Crippen molar-refractivity contribution in [2.45, 2.75) is 24.5 Å². The number of fused-ring (bicyclic) bond motifs is 2. The SMILES string of the molecule is Nc1ncnc2c1nc(-c1ccsc1)n2[C@@H]1OC2COP(O)(=S)OC2[C@@H]1O. The van der Waals surface area contributed by atoms with E-state index in [-0.39, 0.29) is 12.4 Å². The van der Waals surface area contributed by atoms with E-state index in [2.05, 4.69) is 15.0 Å². The van der Waals surface area contributed by atoms with Crippen molar-refractivity contribution in [2.75, 3.05) is 12.3 Å². The lowest BCUT2D eigenvalue weighted by Crippen LogP contribution is -2.39. The zero-order chi connectivity index (χ0) is 18.8. The molecule has 3 unspecified atom stereocenters. The van der Waals surface area contributed by atoms with Gasteiger partial charge in [0.15, 0.2) is 23.2 Å². The summed E-state index contributed by atoms with van der Waals surface area (Å²) in [5, 5.41) is 14.7. The molecule has 5 atom stereocenters. The molecule has 0 aromatic carbocycles. The number of rotatable bonds is 2. The van der Waals surface area contributed by atoms with Crippen molar-refractivity contribution in [1.29, 1.82) is 0 Å². The molecule has 0 spiro atoms. The van der Waals surface area contributed by atoms with E-state index in [0.717, 1.165) is 5.56 Å². The van der Waals surface area contributed by atoms with Crippen molar-refractivity contribution >= 4 is 46.8 Å². The molecule has 2 fully saturated rings. The van der Waals surface area contributed by atoms with E-state index in [1.54, 1.807) is 4.57 Å². The normalized spacial score (nSPS) is 33.4. The highest BCUT2D eigenvalue weighted by Crippen LogP contribution is 2.53. The van der Waals surface area contributed by atoms with Crippen LogP contribution in [0.5, 0.6) is 0 Å². The molecule has 2 aliphatic rings. The number of nitrogen functional groups attached to an aromatic ring is 1. The Morgan fingerprint density at radius 3 is 3.04 bits per heavy atom. The molecule has 3 aromatic rings. The number of aliphatic hydroxyl groups is 1. The summed E-state index contributed by atoms with van der Waals surface area (Å²) in [6.07, 6.45) is -2.05. The van der Waals surface area contributed by atoms with Crippen LogP contribution in [0.3, 0.4) is 0 Å². The molecule has 5 rings (SSSR count). The van der Waals surface area contributed by atoms with Gasteiger partial charge in [0.25, 0.3) is 0 Å². The molecule has 0 amide bonds. The number of hydrogen-bond acceptors (Lipinski definition) is 10. The summed E-state index contributed by atoms with van der Waals surface area (Å²) in [4.78, 5) is 22.8. The van der Waals surface area contributed by atoms with Crippen molar-refractivity contribution < 1.29 is 23.8 Å². The van der Waals surface area contributed by atoms with Crippen LogP contribution in [0.25, 0.3) is 22.6 Å². The maximum absolute atomic E-state index is 10.9. The summed E-state index contributed by atoms with van der Waals surface area (Å²) in [5.41, 5.74) is 7.63. The molecule has 10 nitrogen and oxygen atoms in total. The van der Waals surface area contributed by atoms with Crippen LogP contribution in [-0.4, -0.2) is 54.4 Å². The second kappa shape index (κ2) is 6.26. The van der Waals surface area contributed by atoms with Gasteiger partial charge >= 0.3 is 6.72 Å². The fourth-order valence-electron chi connectivity index (χ4n) is 3.31. The summed E-state index contributed by atoms with van der Waals surface area (Å²) < 4.78 is 18.2. The Balaban J connectivity index is 1.66. The van der Waals surface area contributed by atoms with Crippen LogP contribution >= 0.6 is 18.1 Å². The minimum Gasteiger partial charge on any atom is -0.386 e. The lowest BCUT2D eigenvalue weighted by Gasteiger charge is -2.30. The summed E-state index contributed by atoms with van der Waals surface area (Å²) in [5.74, 6) is 0.760. The molecule has 13 heteroatoms. The molecule has 2 aliphatic heterocycles. The molecule has 4 N–H and O–H groups in total. The fraction of sp³-hybridized carbons (Fsp3) is 0.357. The maximum Gasteiger partial charge on any atom is 0.325 e. The molecule has 3 aromatic heterocycles. The molecule has 27 heavy (non-hydrogen) atoms. The quantitative estimate of drug-likeness (QED) is 0.508. The molecule has 5 heterocycles. The number of nitrogens with two attached hydrogens (primary N) is 1. The highest BCUT2D eigenvalue weighted by atomic mass is 32.5. The predicted octanol–water partition coefficient (Wildman–Crippen LogP) is 1.03. The average Bonchev–Trinajstić information content (AvgIpc) is 3.33. The van der Waals surface area contributed by atoms with E-state index < -0.39 is 31.3 Å². The smallest absolute Gasteiger partial charge is 0.325 e. The number of thiophene rings is 1. The second-order valence-electron chi connectivity index (χ2n) is 6.14. The number of aliphatic hydroxyl groups excluding tert-OH is 1. The van der Waals surface area contributed by atoms with Crippen LogP contribution in [0.15, 0.2) is 23.2 Å². The van der Waals surface area contributed by atoms with Gasteiger partial charge in [0.1, 0.15) is 30.5 Å². The highest BCUT2D eigenvalue weighted by molar-refractivity contribution is 8.07. The van der Waals surface area contributed by atoms with Gasteiger partial charge < -0.3 is 25.0 Å². The van der Waals surface area contributed by atoms with E-state index in [4.69, 9.17) is 31.3 Å². The van der Waals surface area contributed by atoms with Crippen LogP contribution < -0.4 is 5.73 Å². The van der Waals surface area contributed by atoms with Crippen LogP contribution in [-0.2, 0) is 25.6 Å². The van der Waals surface area contributed by atoms with Crippen LogP contribution in [0.1, 0.15) is 6.23 Å². The lowest BCUT2D eigenvalue weighted by molar-refractivity contribution is -0.0587. The lowest BCUT2D eigenvalue weighted by atomic mass is 10.1. The predicted molar refractivity (Wildman–Crippen MR) is 100 cm³/mol. The van der Waals surface area contributed by atoms with Gasteiger partial charge in [-0.25, -0.2) is 15.0 Å². The van der Waals surface area contributed by atoms with Crippen molar-refractivity contribution in [1.82, 2.24) is 19.5 Å². The maximum atomic E-state index is 10.9. The van der Waals surface area contributed by atoms with Gasteiger partial charge in [-0.3, -0.25) is 9.09 Å². The van der Waals surface area contributed by atoms with Crippen LogP contribution in [0.4, 0.5) is 5.82 Å². The molecule has 2 saturated heterocycles. The number of hydrogen-bond donors (Lipinski definition) is 3. The zero-order valence-electron chi connectivity index (χ0n) is 13.6. The van der Waals surface area contributed by atoms with E-state index in [1.165, 1.54) is 17.7 Å². The van der Waals surface area contributed by atoms with Crippen LogP contribution in [0, 0.1) is 0 Å². The summed E-state index contributed by atoms with van der Waals surface area (Å²) in [7, 11) is 0. The van der Waals surface area contributed by atoms with Gasteiger partial charge in [-0.15, -0.1) is 0 Å². The number of imidazole rings is 1. The molecular formula is C14H14N5O5PS2. The Hall–Kier alpha value is -1.50. The van der Waals surface area contributed by atoms with Gasteiger partial charge in [0.2, 0.25) is 0 Å². The second-order valence-corrected chi connectivity index (χ2v) is 9.71. The molecule has 0 saturated carbocycles. The topological polar surface area (TPSA) is 138 Å². The summed E-state index contributed by atoms with van der Waals surface area (Å²) in [6.45, 7) is -3.36. The average molecular weight is 427 g/mol. The summed E-state index contributed by atoms with van der Waals surface area (Å²) >= 11 is 6.41. The third-order valence-electron chi connectivity index (χ3n) is 4.51. The minimum atomic E-state index is -3.39. The molecule has 0 radical (unpaired) electrons. The van der Waals surface area contributed by atoms with Crippen molar-refractivity contribution in [3.05, 3.63) is 23.2 Å². The Kier molecular flexibility index (Phi) is 4.08. The van der Waals surface area contributed by atoms with Gasteiger partial charge in [-0.2, -0.15) is 11.3 Å². The number of aromatic nitrogens is 4. The van der Waals surface area contributed by atoms with E-state index in [9.17, 15) is 10.00 Å². The van der Waals surface area contributed by atoms with Crippen molar-refractivity contribution in [3.63, 3.8) is 0 Å². The van der Waals surface area contributed by atoms with Gasteiger partial charge in [-0.05, 0) is 23.3 Å². The van der Waals surface area contributed by atoms with Crippen molar-refractivity contribution in [3.8, 4) is 11.4 Å².